The molecular weight excluding hydrogens is 287 g/mol. The molecular formula is C16H17FN2O3. The summed E-state index contributed by atoms with van der Waals surface area (Å²) in [5.74, 6) is -0.975. The Bertz CT molecular complexity index is 682. The molecule has 5 nitrogen and oxygen atoms in total. The number of aromatic nitrogens is 1. The average Bonchev–Trinajstić information content (AvgIpc) is 2.53. The molecule has 0 radical (unpaired) electrons. The number of halogens is 1. The number of pyridine rings is 1. The number of hydrogen-bond donors (Lipinski definition) is 2. The number of aliphatic hydroxyl groups is 1. The number of nitrogens with zero attached hydrogens (tertiary/aromatic N) is 1. The fourth-order valence-electron chi connectivity index (χ4n) is 2.00. The lowest BCUT2D eigenvalue weighted by atomic mass is 10.1. The van der Waals surface area contributed by atoms with Crippen molar-refractivity contribution in [3.8, 4) is 0 Å². The molecule has 1 aromatic carbocycles. The summed E-state index contributed by atoms with van der Waals surface area (Å²) in [7, 11) is 0. The Hall–Kier alpha value is -2.47. The Balaban J connectivity index is 1.79. The quantitative estimate of drug-likeness (QED) is 0.789. The van der Waals surface area contributed by atoms with Crippen molar-refractivity contribution in [1.82, 2.24) is 9.88 Å². The van der Waals surface area contributed by atoms with Gasteiger partial charge in [-0.3, -0.25) is 9.59 Å². The number of aliphatic hydroxyl groups excluding tert-OH is 1. The molecule has 2 rings (SSSR count). The van der Waals surface area contributed by atoms with Crippen LogP contribution in [0.4, 0.5) is 4.39 Å². The molecule has 0 bridgehead atoms. The topological polar surface area (TPSA) is 71.3 Å². The highest BCUT2D eigenvalue weighted by molar-refractivity contribution is 5.81. The van der Waals surface area contributed by atoms with Crippen LogP contribution in [0.1, 0.15) is 18.1 Å². The highest BCUT2D eigenvalue weighted by Crippen LogP contribution is 2.13. The van der Waals surface area contributed by atoms with Crippen LogP contribution in [0.5, 0.6) is 0 Å². The van der Waals surface area contributed by atoms with Gasteiger partial charge in [-0.25, -0.2) is 4.39 Å². The van der Waals surface area contributed by atoms with Crippen LogP contribution in [0.3, 0.4) is 0 Å². The second kappa shape index (κ2) is 7.51. The minimum Gasteiger partial charge on any atom is -0.378 e. The minimum atomic E-state index is -1.33. The van der Waals surface area contributed by atoms with Crippen molar-refractivity contribution < 1.29 is 14.3 Å². The number of rotatable bonds is 6. The van der Waals surface area contributed by atoms with Gasteiger partial charge in [-0.2, -0.15) is 0 Å². The number of benzene rings is 1. The Labute approximate surface area is 127 Å². The van der Waals surface area contributed by atoms with Crippen LogP contribution in [0, 0.1) is 5.82 Å². The Kier molecular flexibility index (Phi) is 5.43. The third-order valence-corrected chi connectivity index (χ3v) is 3.21. The van der Waals surface area contributed by atoms with Gasteiger partial charge in [-0.1, -0.05) is 18.2 Å². The average molecular weight is 304 g/mol. The summed E-state index contributed by atoms with van der Waals surface area (Å²) < 4.78 is 14.3. The van der Waals surface area contributed by atoms with Crippen molar-refractivity contribution in [1.29, 1.82) is 0 Å². The van der Waals surface area contributed by atoms with E-state index < -0.39 is 17.8 Å². The number of carbonyl (C=O) groups is 1. The number of hydrogen-bond acceptors (Lipinski definition) is 3. The summed E-state index contributed by atoms with van der Waals surface area (Å²) in [4.78, 5) is 23.3. The molecule has 2 aromatic rings. The standard InChI is InChI=1S/C16H17FN2O3/c17-13-7-5-12(6-8-13)15(21)16(22)18-9-3-11-19-10-2-1-4-14(19)20/h1-2,4-8,10,15,21H,3,9,11H2,(H,18,22). The molecule has 2 N–H and O–H groups in total. The molecule has 0 spiro atoms. The third-order valence-electron chi connectivity index (χ3n) is 3.21. The van der Waals surface area contributed by atoms with Gasteiger partial charge in [0.25, 0.3) is 5.91 Å². The Morgan fingerprint density at radius 2 is 1.95 bits per heavy atom. The molecule has 6 heteroatoms. The summed E-state index contributed by atoms with van der Waals surface area (Å²) in [6.07, 6.45) is 0.906. The lowest BCUT2D eigenvalue weighted by molar-refractivity contribution is -0.129. The lowest BCUT2D eigenvalue weighted by Gasteiger charge is -2.12. The molecule has 22 heavy (non-hydrogen) atoms. The first-order chi connectivity index (χ1) is 10.6. The fourth-order valence-corrected chi connectivity index (χ4v) is 2.00. The highest BCUT2D eigenvalue weighted by Gasteiger charge is 2.16. The molecule has 0 aliphatic rings. The van der Waals surface area contributed by atoms with E-state index in [1.165, 1.54) is 30.3 Å². The molecule has 0 fully saturated rings. The maximum absolute atomic E-state index is 12.8. The molecule has 1 unspecified atom stereocenters. The SMILES string of the molecule is O=C(NCCCn1ccccc1=O)C(O)c1ccc(F)cc1. The highest BCUT2D eigenvalue weighted by atomic mass is 19.1. The largest absolute Gasteiger partial charge is 0.378 e. The second-order valence-corrected chi connectivity index (χ2v) is 4.83. The molecule has 1 heterocycles. The van der Waals surface area contributed by atoms with E-state index in [4.69, 9.17) is 0 Å². The molecule has 0 aliphatic carbocycles. The summed E-state index contributed by atoms with van der Waals surface area (Å²) in [5, 5.41) is 12.4. The van der Waals surface area contributed by atoms with E-state index in [1.807, 2.05) is 0 Å². The van der Waals surface area contributed by atoms with Crippen LogP contribution in [-0.2, 0) is 11.3 Å². The van der Waals surface area contributed by atoms with Crippen LogP contribution >= 0.6 is 0 Å². The first kappa shape index (κ1) is 15.9. The van der Waals surface area contributed by atoms with E-state index in [-0.39, 0.29) is 5.56 Å². The maximum Gasteiger partial charge on any atom is 0.253 e. The molecule has 1 atom stereocenters. The van der Waals surface area contributed by atoms with E-state index in [1.54, 1.807) is 22.9 Å². The molecule has 116 valence electrons. The maximum atomic E-state index is 12.8. The summed E-state index contributed by atoms with van der Waals surface area (Å²) in [5.41, 5.74) is 0.235. The van der Waals surface area contributed by atoms with Gasteiger partial charge in [-0.15, -0.1) is 0 Å². The monoisotopic (exact) mass is 304 g/mol. The van der Waals surface area contributed by atoms with Gasteiger partial charge in [0, 0.05) is 25.4 Å². The summed E-state index contributed by atoms with van der Waals surface area (Å²) >= 11 is 0. The zero-order valence-electron chi connectivity index (χ0n) is 11.9. The van der Waals surface area contributed by atoms with Crippen LogP contribution in [0.2, 0.25) is 0 Å². The van der Waals surface area contributed by atoms with Crippen LogP contribution in [-0.4, -0.2) is 22.1 Å². The third kappa shape index (κ3) is 4.26. The molecule has 1 aromatic heterocycles. The predicted molar refractivity (Wildman–Crippen MR) is 79.7 cm³/mol. The van der Waals surface area contributed by atoms with Gasteiger partial charge >= 0.3 is 0 Å². The van der Waals surface area contributed by atoms with Gasteiger partial charge in [-0.05, 0) is 30.2 Å². The summed E-state index contributed by atoms with van der Waals surface area (Å²) in [6, 6.07) is 10.0. The van der Waals surface area contributed by atoms with Gasteiger partial charge in [0.05, 0.1) is 0 Å². The first-order valence-corrected chi connectivity index (χ1v) is 6.94. The van der Waals surface area contributed by atoms with E-state index in [9.17, 15) is 19.1 Å². The van der Waals surface area contributed by atoms with E-state index in [0.29, 0.717) is 25.1 Å². The van der Waals surface area contributed by atoms with Gasteiger partial charge in [0.15, 0.2) is 6.10 Å². The molecule has 1 amide bonds. The number of aryl methyl sites for hydroxylation is 1. The summed E-state index contributed by atoms with van der Waals surface area (Å²) in [6.45, 7) is 0.811. The Morgan fingerprint density at radius 1 is 1.23 bits per heavy atom. The zero-order valence-corrected chi connectivity index (χ0v) is 11.9. The van der Waals surface area contributed by atoms with Gasteiger partial charge in [0.1, 0.15) is 5.82 Å². The molecule has 0 saturated carbocycles. The number of nitrogens with one attached hydrogen (secondary N) is 1. The van der Waals surface area contributed by atoms with Crippen molar-refractivity contribution in [3.05, 3.63) is 70.4 Å². The smallest absolute Gasteiger partial charge is 0.253 e. The van der Waals surface area contributed by atoms with E-state index in [0.717, 1.165) is 0 Å². The van der Waals surface area contributed by atoms with Crippen molar-refractivity contribution in [2.75, 3.05) is 6.54 Å². The fraction of sp³-hybridized carbons (Fsp3) is 0.250. The van der Waals surface area contributed by atoms with Crippen LogP contribution in [0.25, 0.3) is 0 Å². The minimum absolute atomic E-state index is 0.0971. The Morgan fingerprint density at radius 3 is 2.64 bits per heavy atom. The van der Waals surface area contributed by atoms with Crippen LogP contribution < -0.4 is 10.9 Å². The van der Waals surface area contributed by atoms with Crippen molar-refractivity contribution >= 4 is 5.91 Å². The van der Waals surface area contributed by atoms with Crippen molar-refractivity contribution in [2.24, 2.45) is 0 Å². The lowest BCUT2D eigenvalue weighted by Crippen LogP contribution is -2.31. The van der Waals surface area contributed by atoms with Crippen molar-refractivity contribution in [2.45, 2.75) is 19.1 Å². The zero-order chi connectivity index (χ0) is 15.9. The van der Waals surface area contributed by atoms with E-state index >= 15 is 0 Å². The normalized spacial score (nSPS) is 11.9. The first-order valence-electron chi connectivity index (χ1n) is 6.94. The van der Waals surface area contributed by atoms with Crippen molar-refractivity contribution in [3.63, 3.8) is 0 Å². The van der Waals surface area contributed by atoms with Crippen LogP contribution in [0.15, 0.2) is 53.5 Å². The molecule has 0 aliphatic heterocycles. The van der Waals surface area contributed by atoms with Gasteiger partial charge < -0.3 is 15.0 Å². The predicted octanol–water partition coefficient (Wildman–Crippen LogP) is 1.23. The van der Waals surface area contributed by atoms with Gasteiger partial charge in [0.2, 0.25) is 5.56 Å². The number of carbonyl (C=O) groups excluding carboxylic acids is 1. The molecule has 0 saturated heterocycles. The number of amides is 1. The second-order valence-electron chi connectivity index (χ2n) is 4.83. The van der Waals surface area contributed by atoms with E-state index in [2.05, 4.69) is 5.32 Å².